The van der Waals surface area contributed by atoms with Gasteiger partial charge in [-0.3, -0.25) is 19.3 Å². The number of hydrogen-bond donors (Lipinski definition) is 1. The number of fused-ring (bicyclic) bond motifs is 1. The fraction of sp³-hybridized carbons (Fsp3) is 0.625. The molecule has 6 rings (SSSR count). The highest BCUT2D eigenvalue weighted by atomic mass is 35.5. The van der Waals surface area contributed by atoms with Crippen LogP contribution >= 0.6 is 23.2 Å². The lowest BCUT2D eigenvalue weighted by molar-refractivity contribution is -0.126. The standard InChI is InChI=1S/C24H27Cl2NO4/c1-12(11-28)27-22(30)20-17(18(25)6-19(26)21(20)23(27)31)5-16(29)10-24-7-13-2-14(8-24)4-15(3-13)9-24/h6,12-15,28H,2-5,7-11H2,1H3/t12-,13?,14?,15?,24?/m1/s1. The molecule has 0 radical (unpaired) electrons. The largest absolute Gasteiger partial charge is 0.394 e. The highest BCUT2D eigenvalue weighted by Crippen LogP contribution is 2.61. The van der Waals surface area contributed by atoms with Crippen molar-refractivity contribution in [2.75, 3.05) is 6.61 Å². The van der Waals surface area contributed by atoms with E-state index >= 15 is 0 Å². The maximum atomic E-state index is 13.3. The van der Waals surface area contributed by atoms with E-state index in [0.717, 1.165) is 41.9 Å². The second-order valence-electron chi connectivity index (χ2n) is 10.4. The molecular weight excluding hydrogens is 437 g/mol. The van der Waals surface area contributed by atoms with Crippen LogP contribution in [-0.4, -0.2) is 40.3 Å². The molecule has 4 aliphatic carbocycles. The van der Waals surface area contributed by atoms with E-state index in [2.05, 4.69) is 0 Å². The average Bonchev–Trinajstić information content (AvgIpc) is 2.94. The molecule has 0 aromatic heterocycles. The van der Waals surface area contributed by atoms with Crippen LogP contribution < -0.4 is 0 Å². The summed E-state index contributed by atoms with van der Waals surface area (Å²) in [6.45, 7) is 1.24. The summed E-state index contributed by atoms with van der Waals surface area (Å²) in [4.78, 5) is 40.2. The summed E-state index contributed by atoms with van der Waals surface area (Å²) in [5.41, 5.74) is 0.711. The van der Waals surface area contributed by atoms with Crippen molar-refractivity contribution in [1.82, 2.24) is 4.90 Å². The van der Waals surface area contributed by atoms with Gasteiger partial charge in [0.1, 0.15) is 5.78 Å². The van der Waals surface area contributed by atoms with Gasteiger partial charge in [0.2, 0.25) is 0 Å². The number of hydrogen-bond acceptors (Lipinski definition) is 4. The van der Waals surface area contributed by atoms with Crippen molar-refractivity contribution in [3.63, 3.8) is 0 Å². The molecule has 0 unspecified atom stereocenters. The van der Waals surface area contributed by atoms with Crippen molar-refractivity contribution in [3.8, 4) is 0 Å². The summed E-state index contributed by atoms with van der Waals surface area (Å²) in [7, 11) is 0. The molecule has 4 saturated carbocycles. The smallest absolute Gasteiger partial charge is 0.263 e. The highest BCUT2D eigenvalue weighted by Gasteiger charge is 2.51. The molecule has 1 aromatic rings. The molecule has 1 heterocycles. The second kappa shape index (κ2) is 7.57. The van der Waals surface area contributed by atoms with Crippen LogP contribution in [0.25, 0.3) is 0 Å². The first-order chi connectivity index (χ1) is 14.7. The summed E-state index contributed by atoms with van der Waals surface area (Å²) in [5, 5.41) is 9.82. The number of amides is 2. The topological polar surface area (TPSA) is 74.7 Å². The summed E-state index contributed by atoms with van der Waals surface area (Å²) in [6, 6.07) is 0.769. The Morgan fingerprint density at radius 2 is 1.61 bits per heavy atom. The van der Waals surface area contributed by atoms with Gasteiger partial charge >= 0.3 is 0 Å². The number of aliphatic hydroxyl groups is 1. The van der Waals surface area contributed by atoms with Gasteiger partial charge in [0.25, 0.3) is 11.8 Å². The van der Waals surface area contributed by atoms with Gasteiger partial charge in [-0.15, -0.1) is 0 Å². The number of aliphatic hydroxyl groups excluding tert-OH is 1. The lowest BCUT2D eigenvalue weighted by atomic mass is 9.48. The molecule has 2 amide bonds. The highest BCUT2D eigenvalue weighted by molar-refractivity contribution is 6.40. The molecule has 7 heteroatoms. The molecule has 4 fully saturated rings. The van der Waals surface area contributed by atoms with Gasteiger partial charge in [0.15, 0.2) is 0 Å². The molecule has 0 spiro atoms. The Bertz CT molecular complexity index is 953. The van der Waals surface area contributed by atoms with E-state index in [9.17, 15) is 19.5 Å². The quantitative estimate of drug-likeness (QED) is 0.620. The summed E-state index contributed by atoms with van der Waals surface area (Å²) < 4.78 is 0. The van der Waals surface area contributed by atoms with Crippen LogP contribution in [0.1, 0.15) is 78.1 Å². The molecule has 31 heavy (non-hydrogen) atoms. The fourth-order valence-corrected chi connectivity index (χ4v) is 7.89. The van der Waals surface area contributed by atoms with Crippen molar-refractivity contribution >= 4 is 40.8 Å². The van der Waals surface area contributed by atoms with Crippen molar-refractivity contribution in [3.05, 3.63) is 32.8 Å². The van der Waals surface area contributed by atoms with E-state index in [0.29, 0.717) is 12.0 Å². The Labute approximate surface area is 192 Å². The van der Waals surface area contributed by atoms with Gasteiger partial charge < -0.3 is 5.11 Å². The number of halogens is 2. The monoisotopic (exact) mass is 463 g/mol. The van der Waals surface area contributed by atoms with Crippen LogP contribution in [0.15, 0.2) is 6.07 Å². The predicted octanol–water partition coefficient (Wildman–Crippen LogP) is 4.69. The zero-order valence-electron chi connectivity index (χ0n) is 17.6. The third-order valence-corrected chi connectivity index (χ3v) is 8.65. The van der Waals surface area contributed by atoms with Crippen molar-refractivity contribution < 1.29 is 19.5 Å². The van der Waals surface area contributed by atoms with Gasteiger partial charge in [0, 0.05) is 17.9 Å². The Morgan fingerprint density at radius 3 is 2.16 bits per heavy atom. The molecule has 166 valence electrons. The zero-order valence-corrected chi connectivity index (χ0v) is 19.1. The number of Topliss-reactive ketones (excluding diaryl/α,β-unsaturated/α-hetero) is 1. The van der Waals surface area contributed by atoms with Crippen LogP contribution in [0.5, 0.6) is 0 Å². The minimum atomic E-state index is -0.683. The number of rotatable bonds is 6. The molecule has 0 saturated heterocycles. The zero-order chi connectivity index (χ0) is 22.1. The van der Waals surface area contributed by atoms with E-state index in [4.69, 9.17) is 23.2 Å². The lowest BCUT2D eigenvalue weighted by Crippen LogP contribution is -2.47. The minimum absolute atomic E-state index is 0.0282. The van der Waals surface area contributed by atoms with Crippen LogP contribution in [0.2, 0.25) is 10.0 Å². The number of imide groups is 1. The maximum Gasteiger partial charge on any atom is 0.263 e. The second-order valence-corrected chi connectivity index (χ2v) is 11.2. The Balaban J connectivity index is 1.43. The number of nitrogens with zero attached hydrogens (tertiary/aromatic N) is 1. The summed E-state index contributed by atoms with van der Waals surface area (Å²) in [5.74, 6) is 1.27. The average molecular weight is 464 g/mol. The Morgan fingerprint density at radius 1 is 1.06 bits per heavy atom. The number of carbonyl (C=O) groups is 3. The van der Waals surface area contributed by atoms with Gasteiger partial charge in [0.05, 0.1) is 28.8 Å². The Kier molecular flexibility index (Phi) is 5.23. The van der Waals surface area contributed by atoms with E-state index in [1.165, 1.54) is 25.3 Å². The SMILES string of the molecule is C[C@H](CO)N1C(=O)c2c(Cl)cc(Cl)c(CC(=O)CC34CC5CC(CC(C5)C3)C4)c2C1=O. The van der Waals surface area contributed by atoms with Crippen molar-refractivity contribution in [1.29, 1.82) is 0 Å². The van der Waals surface area contributed by atoms with Crippen LogP contribution in [-0.2, 0) is 11.2 Å². The molecule has 1 N–H and O–H groups in total. The molecular formula is C24H27Cl2NO4. The summed E-state index contributed by atoms with van der Waals surface area (Å²) in [6.07, 6.45) is 7.91. The first-order valence-corrected chi connectivity index (χ1v) is 12.0. The molecule has 1 aliphatic heterocycles. The third-order valence-electron chi connectivity index (χ3n) is 8.01. The first-order valence-electron chi connectivity index (χ1n) is 11.2. The van der Waals surface area contributed by atoms with Crippen LogP contribution in [0.4, 0.5) is 0 Å². The molecule has 5 aliphatic rings. The van der Waals surface area contributed by atoms with E-state index in [-0.39, 0.29) is 45.4 Å². The predicted molar refractivity (Wildman–Crippen MR) is 117 cm³/mol. The van der Waals surface area contributed by atoms with Gasteiger partial charge in [-0.25, -0.2) is 0 Å². The molecule has 5 nitrogen and oxygen atoms in total. The molecule has 1 atom stereocenters. The van der Waals surface area contributed by atoms with Gasteiger partial charge in [-0.05, 0) is 80.2 Å². The number of benzene rings is 1. The lowest BCUT2D eigenvalue weighted by Gasteiger charge is -2.56. The van der Waals surface area contributed by atoms with Gasteiger partial charge in [-0.1, -0.05) is 23.2 Å². The summed E-state index contributed by atoms with van der Waals surface area (Å²) >= 11 is 12.7. The van der Waals surface area contributed by atoms with Crippen molar-refractivity contribution in [2.45, 2.75) is 64.3 Å². The third kappa shape index (κ3) is 3.44. The van der Waals surface area contributed by atoms with Crippen molar-refractivity contribution in [2.24, 2.45) is 23.2 Å². The van der Waals surface area contributed by atoms with Crippen LogP contribution in [0.3, 0.4) is 0 Å². The van der Waals surface area contributed by atoms with E-state index in [1.54, 1.807) is 6.92 Å². The normalized spacial score (nSPS) is 32.0. The van der Waals surface area contributed by atoms with Gasteiger partial charge in [-0.2, -0.15) is 0 Å². The Hall–Kier alpha value is -1.43. The van der Waals surface area contributed by atoms with Crippen LogP contribution in [0, 0.1) is 23.2 Å². The minimum Gasteiger partial charge on any atom is -0.394 e. The number of ketones is 1. The number of carbonyl (C=O) groups excluding carboxylic acids is 3. The first kappa shape index (κ1) is 21.4. The van der Waals surface area contributed by atoms with E-state index in [1.807, 2.05) is 0 Å². The fourth-order valence-electron chi connectivity index (χ4n) is 7.28. The molecule has 1 aromatic carbocycles. The maximum absolute atomic E-state index is 13.3. The van der Waals surface area contributed by atoms with E-state index < -0.39 is 17.9 Å². The molecule has 4 bridgehead atoms.